The van der Waals surface area contributed by atoms with Gasteiger partial charge in [0.15, 0.2) is 0 Å². The lowest BCUT2D eigenvalue weighted by Crippen LogP contribution is -2.55. The summed E-state index contributed by atoms with van der Waals surface area (Å²) in [5, 5.41) is 6.47. The molecule has 23 heavy (non-hydrogen) atoms. The van der Waals surface area contributed by atoms with Gasteiger partial charge in [-0.25, -0.2) is 0 Å². The van der Waals surface area contributed by atoms with E-state index in [0.717, 1.165) is 25.7 Å². The number of fused-ring (bicyclic) bond motifs is 1. The van der Waals surface area contributed by atoms with Crippen molar-refractivity contribution in [3.8, 4) is 5.75 Å². The van der Waals surface area contributed by atoms with E-state index in [9.17, 15) is 9.59 Å². The molecule has 2 amide bonds. The Bertz CT molecular complexity index is 634. The number of methoxy groups -OCH3 is 1. The van der Waals surface area contributed by atoms with Crippen molar-refractivity contribution in [3.63, 3.8) is 0 Å². The van der Waals surface area contributed by atoms with Gasteiger partial charge >= 0.3 is 0 Å². The highest BCUT2D eigenvalue weighted by atomic mass is 35.5. The molecule has 1 aliphatic heterocycles. The zero-order chi connectivity index (χ0) is 16.4. The van der Waals surface area contributed by atoms with Crippen LogP contribution in [0.3, 0.4) is 0 Å². The monoisotopic (exact) mass is 336 g/mol. The first-order valence-corrected chi connectivity index (χ1v) is 8.34. The van der Waals surface area contributed by atoms with E-state index in [1.54, 1.807) is 18.2 Å². The van der Waals surface area contributed by atoms with Crippen LogP contribution in [0.25, 0.3) is 0 Å². The third kappa shape index (κ3) is 3.15. The first kappa shape index (κ1) is 16.1. The maximum Gasteiger partial charge on any atom is 0.251 e. The van der Waals surface area contributed by atoms with Crippen molar-refractivity contribution in [2.24, 2.45) is 5.92 Å². The number of hydrogen-bond acceptors (Lipinski definition) is 3. The second-order valence-electron chi connectivity index (χ2n) is 6.38. The van der Waals surface area contributed by atoms with Crippen LogP contribution in [0.5, 0.6) is 5.75 Å². The van der Waals surface area contributed by atoms with Crippen molar-refractivity contribution in [1.82, 2.24) is 10.6 Å². The average Bonchev–Trinajstić information content (AvgIpc) is 2.88. The van der Waals surface area contributed by atoms with Crippen LogP contribution in [0.4, 0.5) is 0 Å². The second-order valence-corrected chi connectivity index (χ2v) is 6.79. The molecule has 3 rings (SSSR count). The number of carbonyl (C=O) groups excluding carboxylic acids is 2. The van der Waals surface area contributed by atoms with E-state index < -0.39 is 0 Å². The van der Waals surface area contributed by atoms with Crippen molar-refractivity contribution < 1.29 is 14.3 Å². The van der Waals surface area contributed by atoms with Crippen LogP contribution in [0.1, 0.15) is 42.5 Å². The van der Waals surface area contributed by atoms with Gasteiger partial charge in [-0.15, -0.1) is 0 Å². The number of carbonyl (C=O) groups is 2. The highest BCUT2D eigenvalue weighted by Gasteiger charge is 2.47. The first-order valence-electron chi connectivity index (χ1n) is 7.97. The van der Waals surface area contributed by atoms with Crippen molar-refractivity contribution in [2.75, 3.05) is 13.7 Å². The maximum atomic E-state index is 12.4. The zero-order valence-electron chi connectivity index (χ0n) is 13.2. The van der Waals surface area contributed by atoms with Crippen LogP contribution < -0.4 is 15.4 Å². The number of benzene rings is 1. The van der Waals surface area contributed by atoms with Gasteiger partial charge in [0.2, 0.25) is 5.91 Å². The van der Waals surface area contributed by atoms with Gasteiger partial charge in [0.25, 0.3) is 5.91 Å². The molecular formula is C17H21ClN2O3. The van der Waals surface area contributed by atoms with E-state index in [1.807, 2.05) is 0 Å². The summed E-state index contributed by atoms with van der Waals surface area (Å²) in [6.07, 6.45) is 4.78. The lowest BCUT2D eigenvalue weighted by Gasteiger charge is -2.39. The number of amides is 2. The Balaban J connectivity index is 1.68. The van der Waals surface area contributed by atoms with Gasteiger partial charge in [0.1, 0.15) is 5.75 Å². The van der Waals surface area contributed by atoms with E-state index in [1.165, 1.54) is 7.11 Å². The Morgan fingerprint density at radius 1 is 1.48 bits per heavy atom. The molecule has 1 heterocycles. The molecule has 0 unspecified atom stereocenters. The Labute approximate surface area is 140 Å². The third-order valence-corrected chi connectivity index (χ3v) is 5.30. The smallest absolute Gasteiger partial charge is 0.251 e. The quantitative estimate of drug-likeness (QED) is 0.887. The molecule has 124 valence electrons. The Morgan fingerprint density at radius 3 is 3.04 bits per heavy atom. The molecule has 2 aliphatic rings. The second kappa shape index (κ2) is 6.40. The third-order valence-electron chi connectivity index (χ3n) is 5.01. The van der Waals surface area contributed by atoms with Crippen molar-refractivity contribution in [1.29, 1.82) is 0 Å². The summed E-state index contributed by atoms with van der Waals surface area (Å²) < 4.78 is 5.09. The van der Waals surface area contributed by atoms with E-state index in [4.69, 9.17) is 16.3 Å². The minimum Gasteiger partial charge on any atom is -0.495 e. The fraction of sp³-hybridized carbons (Fsp3) is 0.529. The summed E-state index contributed by atoms with van der Waals surface area (Å²) in [4.78, 5) is 24.2. The molecule has 1 saturated carbocycles. The molecule has 0 aromatic heterocycles. The van der Waals surface area contributed by atoms with Gasteiger partial charge in [-0.3, -0.25) is 9.59 Å². The Hall–Kier alpha value is -1.75. The van der Waals surface area contributed by atoms with Crippen molar-refractivity contribution >= 4 is 23.4 Å². The lowest BCUT2D eigenvalue weighted by atomic mass is 9.74. The van der Waals surface area contributed by atoms with Crippen molar-refractivity contribution in [2.45, 2.75) is 37.6 Å². The molecule has 0 bridgehead atoms. The molecule has 1 aromatic rings. The van der Waals surface area contributed by atoms with Gasteiger partial charge in [-0.1, -0.05) is 24.4 Å². The van der Waals surface area contributed by atoms with Crippen LogP contribution in [-0.4, -0.2) is 31.0 Å². The fourth-order valence-corrected chi connectivity index (χ4v) is 4.01. The largest absolute Gasteiger partial charge is 0.495 e. The maximum absolute atomic E-state index is 12.4. The predicted molar refractivity (Wildman–Crippen MR) is 87.8 cm³/mol. The molecule has 0 spiro atoms. The zero-order valence-corrected chi connectivity index (χ0v) is 13.9. The number of halogens is 1. The molecular weight excluding hydrogens is 316 g/mol. The minimum atomic E-state index is -0.277. The van der Waals surface area contributed by atoms with Crippen molar-refractivity contribution in [3.05, 3.63) is 28.8 Å². The van der Waals surface area contributed by atoms with Gasteiger partial charge in [-0.2, -0.15) is 0 Å². The number of rotatable bonds is 4. The summed E-state index contributed by atoms with van der Waals surface area (Å²) in [6.45, 7) is 0.464. The van der Waals surface area contributed by atoms with Crippen LogP contribution >= 0.6 is 11.6 Å². The average molecular weight is 337 g/mol. The SMILES string of the molecule is COc1ccc(C(=O)NC[C@]23CCCC[C@H]2CC(=O)N3)cc1Cl. The van der Waals surface area contributed by atoms with Gasteiger partial charge in [0.05, 0.1) is 17.7 Å². The van der Waals surface area contributed by atoms with Crippen LogP contribution in [0.15, 0.2) is 18.2 Å². The lowest BCUT2D eigenvalue weighted by molar-refractivity contribution is -0.119. The van der Waals surface area contributed by atoms with Crippen LogP contribution in [0, 0.1) is 5.92 Å². The Kier molecular flexibility index (Phi) is 4.48. The predicted octanol–water partition coefficient (Wildman–Crippen LogP) is 2.53. The topological polar surface area (TPSA) is 67.4 Å². The normalized spacial score (nSPS) is 26.3. The molecule has 0 radical (unpaired) electrons. The van der Waals surface area contributed by atoms with Gasteiger partial charge in [-0.05, 0) is 37.0 Å². The van der Waals surface area contributed by atoms with Gasteiger partial charge < -0.3 is 15.4 Å². The number of hydrogen-bond donors (Lipinski definition) is 2. The minimum absolute atomic E-state index is 0.0960. The fourth-order valence-electron chi connectivity index (χ4n) is 3.75. The molecule has 1 aromatic carbocycles. The summed E-state index contributed by atoms with van der Waals surface area (Å²) >= 11 is 6.07. The summed E-state index contributed by atoms with van der Waals surface area (Å²) in [5.74, 6) is 0.772. The standard InChI is InChI=1S/C17H21ClN2O3/c1-23-14-6-5-11(8-13(14)18)16(22)19-10-17-7-3-2-4-12(17)9-15(21)20-17/h5-6,8,12H,2-4,7,9-10H2,1H3,(H,19,22)(H,20,21)/t12-,17+/m0/s1. The van der Waals surface area contributed by atoms with E-state index in [-0.39, 0.29) is 17.4 Å². The summed E-state index contributed by atoms with van der Waals surface area (Å²) in [7, 11) is 1.53. The molecule has 1 saturated heterocycles. The molecule has 2 atom stereocenters. The van der Waals surface area contributed by atoms with Gasteiger partial charge in [0, 0.05) is 18.5 Å². The van der Waals surface area contributed by atoms with E-state index in [2.05, 4.69) is 10.6 Å². The number of ether oxygens (including phenoxy) is 1. The summed E-state index contributed by atoms with van der Waals surface area (Å²) in [6, 6.07) is 4.96. The molecule has 2 N–H and O–H groups in total. The van der Waals surface area contributed by atoms with E-state index in [0.29, 0.717) is 35.2 Å². The molecule has 1 aliphatic carbocycles. The first-order chi connectivity index (χ1) is 11.0. The van der Waals surface area contributed by atoms with E-state index >= 15 is 0 Å². The highest BCUT2D eigenvalue weighted by molar-refractivity contribution is 6.32. The molecule has 6 heteroatoms. The van der Waals surface area contributed by atoms with Crippen LogP contribution in [0.2, 0.25) is 5.02 Å². The highest BCUT2D eigenvalue weighted by Crippen LogP contribution is 2.39. The van der Waals surface area contributed by atoms with Crippen LogP contribution in [-0.2, 0) is 4.79 Å². The summed E-state index contributed by atoms with van der Waals surface area (Å²) in [5.41, 5.74) is 0.213. The molecule has 2 fully saturated rings. The Morgan fingerprint density at radius 2 is 2.30 bits per heavy atom. The number of nitrogens with one attached hydrogen (secondary N) is 2. The molecule has 5 nitrogen and oxygen atoms in total.